The number of nitro groups is 1. The van der Waals surface area contributed by atoms with Crippen molar-refractivity contribution in [2.24, 2.45) is 0 Å². The third kappa shape index (κ3) is 5.31. The number of nitrogens with one attached hydrogen (secondary N) is 1. The van der Waals surface area contributed by atoms with Crippen molar-refractivity contribution < 1.29 is 27.1 Å². The average molecular weight is 440 g/mol. The third-order valence-corrected chi connectivity index (χ3v) is 5.43. The summed E-state index contributed by atoms with van der Waals surface area (Å²) in [5, 5.41) is 13.4. The van der Waals surface area contributed by atoms with Crippen LogP contribution in [-0.2, 0) is 10.1 Å². The summed E-state index contributed by atoms with van der Waals surface area (Å²) in [5.74, 6) is -0.837. The van der Waals surface area contributed by atoms with Crippen molar-refractivity contribution in [3.63, 3.8) is 0 Å². The standard InChI is InChI=1S/C21H16N2O7S/c1-14(24)15-4-2-5-16(12-15)21(25)22-17-8-10-20(11-9-17)31(28,29)30-19-7-3-6-18(13-19)23(26)27/h2-13H,1H3,(H,22,25). The van der Waals surface area contributed by atoms with E-state index in [4.69, 9.17) is 4.18 Å². The summed E-state index contributed by atoms with van der Waals surface area (Å²) in [6, 6.07) is 16.2. The van der Waals surface area contributed by atoms with Gasteiger partial charge in [-0.1, -0.05) is 18.2 Å². The Bertz CT molecular complexity index is 1270. The van der Waals surface area contributed by atoms with E-state index in [1.54, 1.807) is 18.2 Å². The SMILES string of the molecule is CC(=O)c1cccc(C(=O)Nc2ccc(S(=O)(=O)Oc3cccc([N+](=O)[O-])c3)cc2)c1. The molecule has 0 atom stereocenters. The van der Waals surface area contributed by atoms with Crippen LogP contribution in [0.5, 0.6) is 5.75 Å². The summed E-state index contributed by atoms with van der Waals surface area (Å²) in [6.45, 7) is 1.39. The van der Waals surface area contributed by atoms with E-state index in [1.165, 1.54) is 55.5 Å². The molecule has 0 fully saturated rings. The minimum atomic E-state index is -4.24. The monoisotopic (exact) mass is 440 g/mol. The van der Waals surface area contributed by atoms with Crippen molar-refractivity contribution in [3.05, 3.63) is 94.0 Å². The lowest BCUT2D eigenvalue weighted by Crippen LogP contribution is -2.13. The van der Waals surface area contributed by atoms with Crippen molar-refractivity contribution in [2.75, 3.05) is 5.32 Å². The van der Waals surface area contributed by atoms with E-state index >= 15 is 0 Å². The predicted octanol–water partition coefficient (Wildman–Crippen LogP) is 3.82. The molecule has 1 N–H and O–H groups in total. The molecule has 0 aromatic heterocycles. The molecule has 158 valence electrons. The molecule has 10 heteroatoms. The molecule has 0 bridgehead atoms. The first-order valence-corrected chi connectivity index (χ1v) is 10.3. The Kier molecular flexibility index (Phi) is 6.12. The molecule has 0 aliphatic rings. The van der Waals surface area contributed by atoms with Crippen LogP contribution < -0.4 is 9.50 Å². The number of amides is 1. The van der Waals surface area contributed by atoms with Crippen LogP contribution in [0.25, 0.3) is 0 Å². The Balaban J connectivity index is 1.74. The summed E-state index contributed by atoms with van der Waals surface area (Å²) in [6.07, 6.45) is 0. The highest BCUT2D eigenvalue weighted by Gasteiger charge is 2.18. The number of non-ortho nitro benzene ring substituents is 1. The normalized spacial score (nSPS) is 10.9. The molecule has 3 rings (SSSR count). The van der Waals surface area contributed by atoms with E-state index in [2.05, 4.69) is 5.32 Å². The number of hydrogen-bond acceptors (Lipinski definition) is 7. The maximum absolute atomic E-state index is 12.4. The number of anilines is 1. The highest BCUT2D eigenvalue weighted by atomic mass is 32.2. The molecule has 0 spiro atoms. The van der Waals surface area contributed by atoms with Gasteiger partial charge < -0.3 is 9.50 Å². The third-order valence-electron chi connectivity index (χ3n) is 4.17. The number of carbonyl (C=O) groups is 2. The number of Topliss-reactive ketones (excluding diaryl/α,β-unsaturated/α-hetero) is 1. The van der Waals surface area contributed by atoms with Crippen molar-refractivity contribution in [1.29, 1.82) is 0 Å². The smallest absolute Gasteiger partial charge is 0.339 e. The summed E-state index contributed by atoms with van der Waals surface area (Å²) >= 11 is 0. The van der Waals surface area contributed by atoms with Gasteiger partial charge in [0.1, 0.15) is 10.6 Å². The average Bonchev–Trinajstić information content (AvgIpc) is 2.74. The van der Waals surface area contributed by atoms with Crippen LogP contribution in [0.4, 0.5) is 11.4 Å². The van der Waals surface area contributed by atoms with Gasteiger partial charge in [0.15, 0.2) is 5.78 Å². The number of ketones is 1. The molecule has 0 aliphatic heterocycles. The van der Waals surface area contributed by atoms with Crippen molar-refractivity contribution >= 4 is 33.2 Å². The first-order valence-electron chi connectivity index (χ1n) is 8.87. The van der Waals surface area contributed by atoms with Crippen LogP contribution in [0.3, 0.4) is 0 Å². The van der Waals surface area contributed by atoms with Crippen LogP contribution >= 0.6 is 0 Å². The van der Waals surface area contributed by atoms with Crippen LogP contribution in [0.1, 0.15) is 27.6 Å². The number of rotatable bonds is 7. The van der Waals surface area contributed by atoms with Gasteiger partial charge in [0, 0.05) is 22.9 Å². The van der Waals surface area contributed by atoms with Gasteiger partial charge in [0.25, 0.3) is 11.6 Å². The van der Waals surface area contributed by atoms with Crippen LogP contribution in [0.15, 0.2) is 77.7 Å². The lowest BCUT2D eigenvalue weighted by atomic mass is 10.1. The van der Waals surface area contributed by atoms with Crippen LogP contribution in [0, 0.1) is 10.1 Å². The van der Waals surface area contributed by atoms with E-state index in [0.717, 1.165) is 6.07 Å². The maximum Gasteiger partial charge on any atom is 0.339 e. The molecule has 0 aliphatic carbocycles. The molecule has 1 amide bonds. The number of nitrogens with zero attached hydrogens (tertiary/aromatic N) is 1. The first kappa shape index (κ1) is 21.7. The zero-order chi connectivity index (χ0) is 22.6. The fraction of sp³-hybridized carbons (Fsp3) is 0.0476. The van der Waals surface area contributed by atoms with Gasteiger partial charge in [-0.15, -0.1) is 0 Å². The van der Waals surface area contributed by atoms with E-state index < -0.39 is 20.9 Å². The molecule has 0 saturated heterocycles. The number of hydrogen-bond donors (Lipinski definition) is 1. The van der Waals surface area contributed by atoms with E-state index in [0.29, 0.717) is 11.3 Å². The fourth-order valence-corrected chi connectivity index (χ4v) is 3.53. The molecule has 9 nitrogen and oxygen atoms in total. The lowest BCUT2D eigenvalue weighted by molar-refractivity contribution is -0.384. The number of carbonyl (C=O) groups excluding carboxylic acids is 2. The van der Waals surface area contributed by atoms with Gasteiger partial charge in [-0.05, 0) is 49.4 Å². The van der Waals surface area contributed by atoms with Gasteiger partial charge in [0.05, 0.1) is 11.0 Å². The summed E-state index contributed by atoms with van der Waals surface area (Å²) in [4.78, 5) is 33.8. The topological polar surface area (TPSA) is 133 Å². The zero-order valence-corrected chi connectivity index (χ0v) is 17.0. The molecular formula is C21H16N2O7S. The second-order valence-electron chi connectivity index (χ2n) is 6.41. The lowest BCUT2D eigenvalue weighted by Gasteiger charge is -2.09. The Labute approximate surface area is 177 Å². The highest BCUT2D eigenvalue weighted by Crippen LogP contribution is 2.24. The Morgan fingerprint density at radius 1 is 0.935 bits per heavy atom. The fourth-order valence-electron chi connectivity index (χ4n) is 2.61. The second-order valence-corrected chi connectivity index (χ2v) is 7.95. The summed E-state index contributed by atoms with van der Waals surface area (Å²) in [5.41, 5.74) is 0.693. The van der Waals surface area contributed by atoms with E-state index in [9.17, 15) is 28.1 Å². The minimum absolute atomic E-state index is 0.173. The molecule has 0 saturated carbocycles. The molecule has 0 unspecified atom stereocenters. The predicted molar refractivity (Wildman–Crippen MR) is 112 cm³/mol. The number of nitro benzene ring substituents is 1. The Morgan fingerprint density at radius 2 is 1.58 bits per heavy atom. The van der Waals surface area contributed by atoms with Gasteiger partial charge in [-0.2, -0.15) is 8.42 Å². The summed E-state index contributed by atoms with van der Waals surface area (Å²) < 4.78 is 29.8. The van der Waals surface area contributed by atoms with Gasteiger partial charge >= 0.3 is 10.1 Å². The highest BCUT2D eigenvalue weighted by molar-refractivity contribution is 7.87. The zero-order valence-electron chi connectivity index (χ0n) is 16.1. The van der Waals surface area contributed by atoms with E-state index in [-0.39, 0.29) is 27.7 Å². The quantitative estimate of drug-likeness (QED) is 0.256. The molecular weight excluding hydrogens is 424 g/mol. The minimum Gasteiger partial charge on any atom is -0.379 e. The Morgan fingerprint density at radius 3 is 2.23 bits per heavy atom. The molecule has 3 aromatic rings. The van der Waals surface area contributed by atoms with Crippen molar-refractivity contribution in [1.82, 2.24) is 0 Å². The molecule has 3 aromatic carbocycles. The maximum atomic E-state index is 12.4. The Hall–Kier alpha value is -4.05. The molecule has 0 heterocycles. The summed E-state index contributed by atoms with van der Waals surface area (Å²) in [7, 11) is -4.24. The largest absolute Gasteiger partial charge is 0.379 e. The first-order chi connectivity index (χ1) is 14.7. The van der Waals surface area contributed by atoms with Gasteiger partial charge in [0.2, 0.25) is 0 Å². The molecule has 0 radical (unpaired) electrons. The van der Waals surface area contributed by atoms with Crippen molar-refractivity contribution in [2.45, 2.75) is 11.8 Å². The van der Waals surface area contributed by atoms with Crippen LogP contribution in [-0.4, -0.2) is 25.0 Å². The van der Waals surface area contributed by atoms with E-state index in [1.807, 2.05) is 0 Å². The second kappa shape index (κ2) is 8.76. The molecule has 31 heavy (non-hydrogen) atoms. The van der Waals surface area contributed by atoms with Gasteiger partial charge in [-0.3, -0.25) is 19.7 Å². The van der Waals surface area contributed by atoms with Crippen molar-refractivity contribution in [3.8, 4) is 5.75 Å². The van der Waals surface area contributed by atoms with Gasteiger partial charge in [-0.25, -0.2) is 0 Å². The van der Waals surface area contributed by atoms with Crippen LogP contribution in [0.2, 0.25) is 0 Å². The number of benzene rings is 3.